The maximum Gasteiger partial charge on any atom is 0.280 e. The van der Waals surface area contributed by atoms with Crippen molar-refractivity contribution in [1.82, 2.24) is 4.90 Å². The number of rotatable bonds is 4. The highest BCUT2D eigenvalue weighted by molar-refractivity contribution is 7.95. The van der Waals surface area contributed by atoms with Crippen molar-refractivity contribution in [2.24, 2.45) is 5.92 Å². The molecule has 25 heavy (non-hydrogen) atoms. The summed E-state index contributed by atoms with van der Waals surface area (Å²) in [5, 5.41) is 4.18. The van der Waals surface area contributed by atoms with Crippen LogP contribution in [0.2, 0.25) is 0 Å². The van der Waals surface area contributed by atoms with Crippen LogP contribution in [0.5, 0.6) is 0 Å². The predicted molar refractivity (Wildman–Crippen MR) is 93.4 cm³/mol. The third kappa shape index (κ3) is 3.19. The molecule has 3 aliphatic rings. The molecular formula is C18H22F2N2O2S. The number of hydrogen-bond donors (Lipinski definition) is 1. The fraction of sp³-hybridized carbons (Fsp3) is 0.556. The van der Waals surface area contributed by atoms with Gasteiger partial charge in [-0.1, -0.05) is 12.1 Å². The molecule has 0 spiro atoms. The molecule has 0 aromatic heterocycles. The first-order chi connectivity index (χ1) is 11.8. The third-order valence-corrected chi connectivity index (χ3v) is 6.87. The Labute approximate surface area is 146 Å². The molecule has 0 radical (unpaired) electrons. The lowest BCUT2D eigenvalue weighted by atomic mass is 9.99. The van der Waals surface area contributed by atoms with Crippen LogP contribution in [-0.4, -0.2) is 45.4 Å². The Bertz CT molecular complexity index is 831. The number of halogens is 2. The van der Waals surface area contributed by atoms with E-state index in [0.717, 1.165) is 24.8 Å². The van der Waals surface area contributed by atoms with Crippen LogP contribution in [-0.2, 0) is 9.84 Å². The van der Waals surface area contributed by atoms with Gasteiger partial charge >= 0.3 is 0 Å². The predicted octanol–water partition coefficient (Wildman–Crippen LogP) is 3.37. The highest BCUT2D eigenvalue weighted by Crippen LogP contribution is 2.46. The van der Waals surface area contributed by atoms with E-state index in [1.54, 1.807) is 30.1 Å². The number of likely N-dealkylation sites (tertiary alicyclic amines) is 1. The van der Waals surface area contributed by atoms with Crippen molar-refractivity contribution in [3.05, 3.63) is 29.2 Å². The number of allylic oxidation sites excluding steroid dienone is 1. The lowest BCUT2D eigenvalue weighted by Gasteiger charge is -2.37. The van der Waals surface area contributed by atoms with Crippen molar-refractivity contribution in [2.45, 2.75) is 42.5 Å². The Morgan fingerprint density at radius 3 is 2.72 bits per heavy atom. The van der Waals surface area contributed by atoms with E-state index in [4.69, 9.17) is 0 Å². The quantitative estimate of drug-likeness (QED) is 0.885. The molecule has 4 nitrogen and oxygen atoms in total. The summed E-state index contributed by atoms with van der Waals surface area (Å²) in [6.07, 6.45) is 3.29. The maximum atomic E-state index is 14.3. The van der Waals surface area contributed by atoms with Gasteiger partial charge in [-0.05, 0) is 55.9 Å². The Balaban J connectivity index is 1.66. The van der Waals surface area contributed by atoms with Crippen LogP contribution >= 0.6 is 0 Å². The van der Waals surface area contributed by atoms with Crippen molar-refractivity contribution < 1.29 is 17.2 Å². The van der Waals surface area contributed by atoms with Crippen LogP contribution in [0, 0.1) is 5.92 Å². The second kappa shape index (κ2) is 5.77. The molecule has 2 aliphatic heterocycles. The molecule has 1 aliphatic carbocycles. The van der Waals surface area contributed by atoms with E-state index in [9.17, 15) is 17.2 Å². The first kappa shape index (κ1) is 17.0. The zero-order valence-corrected chi connectivity index (χ0v) is 15.0. The largest absolute Gasteiger partial charge is 0.375 e. The fourth-order valence-corrected chi connectivity index (χ4v) is 5.44. The Hall–Kier alpha value is -1.47. The molecule has 2 heterocycles. The molecule has 0 amide bonds. The molecule has 1 atom stereocenters. The number of piperidine rings is 1. The topological polar surface area (TPSA) is 49.4 Å². The van der Waals surface area contributed by atoms with Gasteiger partial charge in [-0.3, -0.25) is 0 Å². The lowest BCUT2D eigenvalue weighted by Crippen LogP contribution is -2.53. The molecule has 1 unspecified atom stereocenters. The number of benzene rings is 1. The number of anilines is 1. The number of sulfone groups is 1. The first-order valence-electron chi connectivity index (χ1n) is 8.68. The molecule has 1 saturated heterocycles. The zero-order chi connectivity index (χ0) is 17.8. The van der Waals surface area contributed by atoms with Crippen molar-refractivity contribution >= 4 is 21.1 Å². The standard InChI is InChI=1S/C18H22F2N2O2S/c1-22-8-7-16(18(19,20)11-22)21-15-4-2-3-14-13(9-12-5-6-12)10-25(23,24)17(14)15/h2-4,10,12,16,21H,5-9,11H2,1H3. The third-order valence-electron chi connectivity index (χ3n) is 5.27. The SMILES string of the molecule is CN1CCC(Nc2cccc3c2S(=O)(=O)C=C3CC2CC2)C(F)(F)C1. The smallest absolute Gasteiger partial charge is 0.280 e. The molecule has 1 saturated carbocycles. The summed E-state index contributed by atoms with van der Waals surface area (Å²) in [5.41, 5.74) is 1.79. The summed E-state index contributed by atoms with van der Waals surface area (Å²) in [7, 11) is -1.91. The number of nitrogens with one attached hydrogen (secondary N) is 1. The Morgan fingerprint density at radius 2 is 2.04 bits per heavy atom. The number of alkyl halides is 2. The molecule has 2 fully saturated rings. The minimum Gasteiger partial charge on any atom is -0.375 e. The normalized spacial score (nSPS) is 27.6. The highest BCUT2D eigenvalue weighted by atomic mass is 32.2. The average molecular weight is 368 g/mol. The van der Waals surface area contributed by atoms with E-state index in [1.807, 2.05) is 0 Å². The van der Waals surface area contributed by atoms with Gasteiger partial charge in [-0.15, -0.1) is 0 Å². The van der Waals surface area contributed by atoms with Crippen molar-refractivity contribution in [1.29, 1.82) is 0 Å². The monoisotopic (exact) mass is 368 g/mol. The summed E-state index contributed by atoms with van der Waals surface area (Å²) < 4.78 is 53.9. The first-order valence-corrected chi connectivity index (χ1v) is 10.2. The van der Waals surface area contributed by atoms with Gasteiger partial charge in [0.1, 0.15) is 4.90 Å². The Kier molecular flexibility index (Phi) is 3.92. The van der Waals surface area contributed by atoms with Crippen molar-refractivity contribution in [3.63, 3.8) is 0 Å². The van der Waals surface area contributed by atoms with Gasteiger partial charge < -0.3 is 10.2 Å². The van der Waals surface area contributed by atoms with Crippen molar-refractivity contribution in [3.8, 4) is 0 Å². The van der Waals surface area contributed by atoms with E-state index in [-0.39, 0.29) is 17.9 Å². The minimum atomic E-state index is -3.58. The van der Waals surface area contributed by atoms with E-state index in [1.165, 1.54) is 5.41 Å². The van der Waals surface area contributed by atoms with Crippen LogP contribution in [0.4, 0.5) is 14.5 Å². The summed E-state index contributed by atoms with van der Waals surface area (Å²) in [5.74, 6) is -2.34. The maximum absolute atomic E-state index is 14.3. The number of fused-ring (bicyclic) bond motifs is 1. The van der Waals surface area contributed by atoms with Gasteiger partial charge in [-0.2, -0.15) is 0 Å². The van der Waals surface area contributed by atoms with Gasteiger partial charge in [0.2, 0.25) is 9.84 Å². The summed E-state index contributed by atoms with van der Waals surface area (Å²) in [6.45, 7) is 0.234. The van der Waals surface area contributed by atoms with Crippen LogP contribution in [0.1, 0.15) is 31.2 Å². The summed E-state index contributed by atoms with van der Waals surface area (Å²) >= 11 is 0. The molecule has 7 heteroatoms. The minimum absolute atomic E-state index is 0.167. The number of hydrogen-bond acceptors (Lipinski definition) is 4. The highest BCUT2D eigenvalue weighted by Gasteiger charge is 2.44. The van der Waals surface area contributed by atoms with Gasteiger partial charge in [0.05, 0.1) is 18.3 Å². The van der Waals surface area contributed by atoms with Crippen molar-refractivity contribution in [2.75, 3.05) is 25.5 Å². The van der Waals surface area contributed by atoms with E-state index >= 15 is 0 Å². The fourth-order valence-electron chi connectivity index (χ4n) is 3.79. The van der Waals surface area contributed by atoms with E-state index < -0.39 is 21.8 Å². The van der Waals surface area contributed by atoms with Crippen LogP contribution in [0.25, 0.3) is 5.57 Å². The molecule has 136 valence electrons. The molecular weight excluding hydrogens is 346 g/mol. The Morgan fingerprint density at radius 1 is 1.28 bits per heavy atom. The van der Waals surface area contributed by atoms with Crippen LogP contribution < -0.4 is 5.32 Å². The van der Waals surface area contributed by atoms with Crippen LogP contribution in [0.3, 0.4) is 0 Å². The zero-order valence-electron chi connectivity index (χ0n) is 14.1. The van der Waals surface area contributed by atoms with Crippen LogP contribution in [0.15, 0.2) is 28.5 Å². The molecule has 1 N–H and O–H groups in total. The second-order valence-electron chi connectivity index (χ2n) is 7.50. The van der Waals surface area contributed by atoms with Gasteiger partial charge in [0.15, 0.2) is 0 Å². The van der Waals surface area contributed by atoms with Gasteiger partial charge in [0.25, 0.3) is 5.92 Å². The summed E-state index contributed by atoms with van der Waals surface area (Å²) in [4.78, 5) is 1.76. The van der Waals surface area contributed by atoms with E-state index in [0.29, 0.717) is 23.7 Å². The van der Waals surface area contributed by atoms with Gasteiger partial charge in [0, 0.05) is 12.0 Å². The van der Waals surface area contributed by atoms with E-state index in [2.05, 4.69) is 5.32 Å². The lowest BCUT2D eigenvalue weighted by molar-refractivity contribution is -0.0673. The molecule has 1 aromatic rings. The average Bonchev–Trinajstić information content (AvgIpc) is 3.28. The number of nitrogens with zero attached hydrogens (tertiary/aromatic N) is 1. The molecule has 1 aromatic carbocycles. The summed E-state index contributed by atoms with van der Waals surface area (Å²) in [6, 6.07) is 4.07. The second-order valence-corrected chi connectivity index (χ2v) is 9.24. The molecule has 0 bridgehead atoms. The molecule has 4 rings (SSSR count). The van der Waals surface area contributed by atoms with Gasteiger partial charge in [-0.25, -0.2) is 17.2 Å².